The van der Waals surface area contributed by atoms with Gasteiger partial charge in [-0.1, -0.05) is 53.7 Å². The molecule has 4 rings (SSSR count). The Balaban J connectivity index is 1.90. The van der Waals surface area contributed by atoms with E-state index in [0.29, 0.717) is 11.3 Å². The molecule has 0 spiro atoms. The van der Waals surface area contributed by atoms with Gasteiger partial charge in [0.25, 0.3) is 0 Å². The second-order valence-corrected chi connectivity index (χ2v) is 5.41. The summed E-state index contributed by atoms with van der Waals surface area (Å²) >= 11 is 0. The second-order valence-electron chi connectivity index (χ2n) is 5.41. The third-order valence-electron chi connectivity index (χ3n) is 3.90. The van der Waals surface area contributed by atoms with Crippen LogP contribution < -0.4 is 0 Å². The highest BCUT2D eigenvalue weighted by molar-refractivity contribution is 6.01. The first-order chi connectivity index (χ1) is 11.8. The fourth-order valence-electron chi connectivity index (χ4n) is 2.75. The van der Waals surface area contributed by atoms with Crippen LogP contribution in [0.1, 0.15) is 22.1 Å². The number of aromatic nitrogens is 4. The van der Waals surface area contributed by atoms with Gasteiger partial charge in [0.15, 0.2) is 11.8 Å². The van der Waals surface area contributed by atoms with E-state index in [0.717, 1.165) is 11.0 Å². The number of nitrogens with zero attached hydrogens (tertiary/aromatic N) is 4. The fraction of sp³-hybridized carbons (Fsp3) is 0.0526. The lowest BCUT2D eigenvalue weighted by molar-refractivity contribution is 0.0939. The topological polar surface area (TPSA) is 60.7 Å². The van der Waals surface area contributed by atoms with Gasteiger partial charge < -0.3 is 0 Å². The highest BCUT2D eigenvalue weighted by Gasteiger charge is 2.27. The Hall–Kier alpha value is -3.34. The second kappa shape index (κ2) is 6.04. The first kappa shape index (κ1) is 14.3. The minimum absolute atomic E-state index is 0.0649. The summed E-state index contributed by atoms with van der Waals surface area (Å²) in [6, 6.07) is 21.7. The lowest BCUT2D eigenvalue weighted by Crippen LogP contribution is -2.23. The molecule has 2 heterocycles. The number of para-hydroxylation sites is 1. The molecule has 2 aromatic heterocycles. The van der Waals surface area contributed by atoms with Gasteiger partial charge in [-0.2, -0.15) is 0 Å². The Bertz CT molecular complexity index is 980. The van der Waals surface area contributed by atoms with Crippen LogP contribution in [-0.2, 0) is 0 Å². The molecule has 0 fully saturated rings. The Morgan fingerprint density at radius 2 is 1.62 bits per heavy atom. The van der Waals surface area contributed by atoms with Crippen LogP contribution in [0.25, 0.3) is 11.0 Å². The van der Waals surface area contributed by atoms with Crippen molar-refractivity contribution < 1.29 is 4.79 Å². The average Bonchev–Trinajstić information content (AvgIpc) is 3.07. The van der Waals surface area contributed by atoms with Gasteiger partial charge in [-0.05, 0) is 24.3 Å². The van der Waals surface area contributed by atoms with Crippen LogP contribution in [0.3, 0.4) is 0 Å². The lowest BCUT2D eigenvalue weighted by Gasteiger charge is -2.16. The molecular formula is C19H14N4O. The van der Waals surface area contributed by atoms with Crippen molar-refractivity contribution in [1.29, 1.82) is 0 Å². The number of carbonyl (C=O) groups excluding carboxylic acids is 1. The Labute approximate surface area is 138 Å². The summed E-state index contributed by atoms with van der Waals surface area (Å²) in [5.74, 6) is -0.0649. The Morgan fingerprint density at radius 1 is 0.875 bits per heavy atom. The summed E-state index contributed by atoms with van der Waals surface area (Å²) in [7, 11) is 0. The van der Waals surface area contributed by atoms with E-state index in [1.165, 1.54) is 0 Å². The van der Waals surface area contributed by atoms with Gasteiger partial charge >= 0.3 is 0 Å². The van der Waals surface area contributed by atoms with E-state index >= 15 is 0 Å². The highest BCUT2D eigenvalue weighted by Crippen LogP contribution is 2.24. The molecule has 24 heavy (non-hydrogen) atoms. The van der Waals surface area contributed by atoms with E-state index in [4.69, 9.17) is 0 Å². The number of pyridine rings is 1. The van der Waals surface area contributed by atoms with Crippen LogP contribution in [0.4, 0.5) is 0 Å². The smallest absolute Gasteiger partial charge is 0.193 e. The number of rotatable bonds is 4. The van der Waals surface area contributed by atoms with Crippen LogP contribution >= 0.6 is 0 Å². The van der Waals surface area contributed by atoms with Crippen LogP contribution in [0.5, 0.6) is 0 Å². The zero-order valence-electron chi connectivity index (χ0n) is 12.8. The molecule has 116 valence electrons. The zero-order valence-corrected chi connectivity index (χ0v) is 12.8. The maximum atomic E-state index is 13.2. The van der Waals surface area contributed by atoms with Gasteiger partial charge in [-0.25, -0.2) is 4.68 Å². The van der Waals surface area contributed by atoms with Gasteiger partial charge in [0.05, 0.1) is 11.2 Å². The number of benzene rings is 2. The molecular weight excluding hydrogens is 300 g/mol. The lowest BCUT2D eigenvalue weighted by atomic mass is 10.0. The summed E-state index contributed by atoms with van der Waals surface area (Å²) in [6.07, 6.45) is 1.68. The number of Topliss-reactive ketones (excluding diaryl/α,β-unsaturated/α-hetero) is 1. The molecule has 1 atom stereocenters. The number of fused-ring (bicyclic) bond motifs is 1. The van der Waals surface area contributed by atoms with Crippen molar-refractivity contribution in [2.45, 2.75) is 6.04 Å². The Kier molecular flexibility index (Phi) is 3.59. The molecule has 0 aliphatic rings. The average molecular weight is 314 g/mol. The molecule has 1 unspecified atom stereocenters. The molecule has 0 radical (unpaired) electrons. The summed E-state index contributed by atoms with van der Waals surface area (Å²) in [6.45, 7) is 0. The van der Waals surface area contributed by atoms with E-state index < -0.39 is 6.04 Å². The van der Waals surface area contributed by atoms with E-state index in [1.54, 1.807) is 23.0 Å². The minimum Gasteiger partial charge on any atom is -0.291 e. The third kappa shape index (κ3) is 2.46. The van der Waals surface area contributed by atoms with Crippen molar-refractivity contribution in [2.24, 2.45) is 0 Å². The maximum Gasteiger partial charge on any atom is 0.193 e. The van der Waals surface area contributed by atoms with Crippen LogP contribution in [0, 0.1) is 0 Å². The molecule has 5 nitrogen and oxygen atoms in total. The number of hydrogen-bond acceptors (Lipinski definition) is 4. The molecule has 0 aliphatic heterocycles. The predicted molar refractivity (Wildman–Crippen MR) is 90.7 cm³/mol. The number of carbonyl (C=O) groups is 1. The molecule has 0 saturated heterocycles. The van der Waals surface area contributed by atoms with E-state index in [9.17, 15) is 4.79 Å². The molecule has 4 aromatic rings. The largest absolute Gasteiger partial charge is 0.291 e. The van der Waals surface area contributed by atoms with Crippen molar-refractivity contribution in [2.75, 3.05) is 0 Å². The van der Waals surface area contributed by atoms with Gasteiger partial charge in [0.2, 0.25) is 0 Å². The van der Waals surface area contributed by atoms with E-state index in [1.807, 2.05) is 60.7 Å². The molecule has 0 aliphatic carbocycles. The first-order valence-corrected chi connectivity index (χ1v) is 7.65. The quantitative estimate of drug-likeness (QED) is 0.542. The first-order valence-electron chi connectivity index (χ1n) is 7.65. The number of ketones is 1. The van der Waals surface area contributed by atoms with Crippen molar-refractivity contribution in [3.05, 3.63) is 90.3 Å². The van der Waals surface area contributed by atoms with E-state index in [-0.39, 0.29) is 5.78 Å². The molecule has 2 aromatic carbocycles. The number of hydrogen-bond donors (Lipinski definition) is 0. The maximum absolute atomic E-state index is 13.2. The van der Waals surface area contributed by atoms with Crippen LogP contribution in [-0.4, -0.2) is 25.8 Å². The Morgan fingerprint density at radius 3 is 2.42 bits per heavy atom. The van der Waals surface area contributed by atoms with Gasteiger partial charge in [0, 0.05) is 11.8 Å². The molecule has 0 N–H and O–H groups in total. The van der Waals surface area contributed by atoms with E-state index in [2.05, 4.69) is 15.3 Å². The molecule has 5 heteroatoms. The summed E-state index contributed by atoms with van der Waals surface area (Å²) in [5.41, 5.74) is 2.81. The minimum atomic E-state index is -0.652. The molecule has 0 bridgehead atoms. The van der Waals surface area contributed by atoms with Gasteiger partial charge in [0.1, 0.15) is 5.52 Å². The SMILES string of the molecule is O=C(c1ccccc1)C(c1ccccn1)n1nnc2ccccc21. The van der Waals surface area contributed by atoms with Crippen LogP contribution in [0.2, 0.25) is 0 Å². The molecule has 0 saturated carbocycles. The standard InChI is InChI=1S/C19H14N4O/c24-19(14-8-2-1-3-9-14)18(16-11-6-7-13-20-16)23-17-12-5-4-10-15(17)21-22-23/h1-13,18H. The summed E-state index contributed by atoms with van der Waals surface area (Å²) in [4.78, 5) is 17.5. The predicted octanol–water partition coefficient (Wildman–Crippen LogP) is 3.30. The van der Waals surface area contributed by atoms with Crippen molar-refractivity contribution in [1.82, 2.24) is 20.0 Å². The summed E-state index contributed by atoms with van der Waals surface area (Å²) < 4.78 is 1.65. The fourth-order valence-corrected chi connectivity index (χ4v) is 2.75. The third-order valence-corrected chi connectivity index (χ3v) is 3.90. The van der Waals surface area contributed by atoms with Gasteiger partial charge in [-0.15, -0.1) is 5.10 Å². The van der Waals surface area contributed by atoms with Crippen molar-refractivity contribution in [3.8, 4) is 0 Å². The normalized spacial score (nSPS) is 12.2. The van der Waals surface area contributed by atoms with Crippen LogP contribution in [0.15, 0.2) is 79.0 Å². The highest BCUT2D eigenvalue weighted by atomic mass is 16.1. The monoisotopic (exact) mass is 314 g/mol. The van der Waals surface area contributed by atoms with Crippen molar-refractivity contribution in [3.63, 3.8) is 0 Å². The summed E-state index contributed by atoms with van der Waals surface area (Å²) in [5, 5.41) is 8.40. The van der Waals surface area contributed by atoms with Crippen molar-refractivity contribution >= 4 is 16.8 Å². The molecule has 0 amide bonds. The van der Waals surface area contributed by atoms with Gasteiger partial charge in [-0.3, -0.25) is 9.78 Å². The zero-order chi connectivity index (χ0) is 16.4.